The summed E-state index contributed by atoms with van der Waals surface area (Å²) in [5.74, 6) is 1.14. The molecule has 1 atom stereocenters. The molecule has 0 bridgehead atoms. The Hall–Kier alpha value is -0.970. The number of hydrogen-bond acceptors (Lipinski definition) is 4. The molecular formula is C11H15NO3S. The maximum absolute atomic E-state index is 10.4. The Morgan fingerprint density at radius 2 is 2.50 bits per heavy atom. The third kappa shape index (κ3) is 3.01. The fourth-order valence-electron chi connectivity index (χ4n) is 1.76. The molecule has 1 aromatic rings. The average Bonchev–Trinajstić information content (AvgIpc) is 2.76. The summed E-state index contributed by atoms with van der Waals surface area (Å²) >= 11 is 1.88. The van der Waals surface area contributed by atoms with E-state index in [2.05, 4.69) is 4.98 Å². The number of oxazole rings is 1. The molecule has 1 saturated heterocycles. The number of aromatic nitrogens is 1. The van der Waals surface area contributed by atoms with Crippen LogP contribution in [-0.4, -0.2) is 21.8 Å². The molecule has 2 heterocycles. The molecule has 0 spiro atoms. The van der Waals surface area contributed by atoms with Crippen LogP contribution >= 0.6 is 11.8 Å². The Balaban J connectivity index is 1.93. The third-order valence-electron chi connectivity index (χ3n) is 2.62. The lowest BCUT2D eigenvalue weighted by molar-refractivity contribution is -0.136. The predicted molar refractivity (Wildman–Crippen MR) is 61.5 cm³/mol. The van der Waals surface area contributed by atoms with Crippen molar-refractivity contribution in [2.24, 2.45) is 0 Å². The highest BCUT2D eigenvalue weighted by molar-refractivity contribution is 7.99. The summed E-state index contributed by atoms with van der Waals surface area (Å²) in [5.41, 5.74) is 0.753. The molecule has 1 aromatic heterocycles. The van der Waals surface area contributed by atoms with Crippen molar-refractivity contribution in [1.29, 1.82) is 0 Å². The number of carbonyl (C=O) groups is 1. The zero-order valence-electron chi connectivity index (χ0n) is 9.02. The second-order valence-electron chi connectivity index (χ2n) is 3.93. The van der Waals surface area contributed by atoms with Crippen LogP contribution in [0.2, 0.25) is 0 Å². The van der Waals surface area contributed by atoms with Crippen molar-refractivity contribution in [3.05, 3.63) is 17.8 Å². The second-order valence-corrected chi connectivity index (χ2v) is 5.24. The topological polar surface area (TPSA) is 63.3 Å². The van der Waals surface area contributed by atoms with Gasteiger partial charge in [-0.05, 0) is 18.6 Å². The van der Waals surface area contributed by atoms with Crippen LogP contribution in [0.5, 0.6) is 0 Å². The predicted octanol–water partition coefficient (Wildman–Crippen LogP) is 2.65. The second kappa shape index (κ2) is 5.39. The minimum absolute atomic E-state index is 0.115. The van der Waals surface area contributed by atoms with Gasteiger partial charge in [-0.15, -0.1) is 11.8 Å². The molecule has 0 saturated carbocycles. The third-order valence-corrected chi connectivity index (χ3v) is 3.98. The van der Waals surface area contributed by atoms with Gasteiger partial charge in [-0.3, -0.25) is 4.79 Å². The Morgan fingerprint density at radius 3 is 3.19 bits per heavy atom. The molecule has 1 aliphatic rings. The minimum atomic E-state index is -0.795. The Labute approximate surface area is 98.4 Å². The van der Waals surface area contributed by atoms with Gasteiger partial charge in [0.15, 0.2) is 0 Å². The van der Waals surface area contributed by atoms with E-state index in [0.717, 1.165) is 23.8 Å². The molecule has 0 aliphatic carbocycles. The van der Waals surface area contributed by atoms with Crippen LogP contribution in [-0.2, 0) is 11.2 Å². The maximum Gasteiger partial charge on any atom is 0.303 e. The lowest BCUT2D eigenvalue weighted by Crippen LogP contribution is -2.03. The first kappa shape index (κ1) is 11.5. The lowest BCUT2D eigenvalue weighted by Gasteiger charge is -2.17. The van der Waals surface area contributed by atoms with Crippen LogP contribution in [0.15, 0.2) is 10.7 Å². The summed E-state index contributed by atoms with van der Waals surface area (Å²) in [6, 6.07) is 0. The maximum atomic E-state index is 10.4. The number of aliphatic carboxylic acids is 1. The normalized spacial score (nSPS) is 20.9. The van der Waals surface area contributed by atoms with Gasteiger partial charge >= 0.3 is 5.97 Å². The van der Waals surface area contributed by atoms with Crippen LogP contribution in [0.3, 0.4) is 0 Å². The molecule has 2 rings (SSSR count). The number of hydrogen-bond donors (Lipinski definition) is 1. The van der Waals surface area contributed by atoms with Crippen LogP contribution in [0.25, 0.3) is 0 Å². The van der Waals surface area contributed by atoms with E-state index < -0.39 is 5.97 Å². The lowest BCUT2D eigenvalue weighted by atomic mass is 10.2. The Kier molecular flexibility index (Phi) is 3.88. The molecule has 0 radical (unpaired) electrons. The van der Waals surface area contributed by atoms with E-state index >= 15 is 0 Å². The zero-order chi connectivity index (χ0) is 11.4. The summed E-state index contributed by atoms with van der Waals surface area (Å²) in [7, 11) is 0. The van der Waals surface area contributed by atoms with Gasteiger partial charge in [-0.2, -0.15) is 0 Å². The van der Waals surface area contributed by atoms with Crippen molar-refractivity contribution in [3.8, 4) is 0 Å². The highest BCUT2D eigenvalue weighted by atomic mass is 32.2. The van der Waals surface area contributed by atoms with Crippen molar-refractivity contribution >= 4 is 17.7 Å². The molecular weight excluding hydrogens is 226 g/mol. The van der Waals surface area contributed by atoms with Gasteiger partial charge in [-0.25, -0.2) is 4.98 Å². The van der Waals surface area contributed by atoms with Crippen LogP contribution in [0.4, 0.5) is 0 Å². The van der Waals surface area contributed by atoms with Crippen molar-refractivity contribution in [2.75, 3.05) is 5.75 Å². The van der Waals surface area contributed by atoms with E-state index in [-0.39, 0.29) is 6.42 Å². The van der Waals surface area contributed by atoms with Gasteiger partial charge in [0.1, 0.15) is 6.26 Å². The fourth-order valence-corrected chi connectivity index (χ4v) is 3.00. The first-order valence-corrected chi connectivity index (χ1v) is 6.58. The van der Waals surface area contributed by atoms with Gasteiger partial charge in [0, 0.05) is 6.42 Å². The molecule has 1 unspecified atom stereocenters. The fraction of sp³-hybridized carbons (Fsp3) is 0.636. The van der Waals surface area contributed by atoms with Crippen molar-refractivity contribution < 1.29 is 14.3 Å². The summed E-state index contributed by atoms with van der Waals surface area (Å²) in [6.45, 7) is 0. The van der Waals surface area contributed by atoms with Gasteiger partial charge < -0.3 is 9.52 Å². The van der Waals surface area contributed by atoms with Gasteiger partial charge in [0.25, 0.3) is 0 Å². The molecule has 4 nitrogen and oxygen atoms in total. The highest BCUT2D eigenvalue weighted by Gasteiger charge is 2.20. The van der Waals surface area contributed by atoms with Crippen LogP contribution in [0, 0.1) is 0 Å². The molecule has 1 aliphatic heterocycles. The monoisotopic (exact) mass is 241 g/mol. The van der Waals surface area contributed by atoms with Gasteiger partial charge in [0.2, 0.25) is 5.89 Å². The Morgan fingerprint density at radius 1 is 1.62 bits per heavy atom. The van der Waals surface area contributed by atoms with Gasteiger partial charge in [-0.1, -0.05) is 6.42 Å². The van der Waals surface area contributed by atoms with E-state index in [4.69, 9.17) is 9.52 Å². The zero-order valence-corrected chi connectivity index (χ0v) is 9.83. The summed E-state index contributed by atoms with van der Waals surface area (Å²) in [6.07, 6.45) is 5.77. The van der Waals surface area contributed by atoms with E-state index in [0.29, 0.717) is 11.7 Å². The minimum Gasteiger partial charge on any atom is -0.481 e. The number of rotatable bonds is 4. The first-order chi connectivity index (χ1) is 7.75. The quantitative estimate of drug-likeness (QED) is 0.878. The molecule has 88 valence electrons. The summed E-state index contributed by atoms with van der Waals surface area (Å²) < 4.78 is 5.41. The van der Waals surface area contributed by atoms with E-state index in [1.807, 2.05) is 11.8 Å². The van der Waals surface area contributed by atoms with Crippen LogP contribution in [0.1, 0.15) is 42.5 Å². The van der Waals surface area contributed by atoms with Crippen molar-refractivity contribution in [2.45, 2.75) is 37.4 Å². The largest absolute Gasteiger partial charge is 0.481 e. The number of carboxylic acids is 1. The molecule has 1 fully saturated rings. The first-order valence-electron chi connectivity index (χ1n) is 5.53. The average molecular weight is 241 g/mol. The van der Waals surface area contributed by atoms with E-state index in [1.165, 1.54) is 12.8 Å². The smallest absolute Gasteiger partial charge is 0.303 e. The molecule has 0 amide bonds. The van der Waals surface area contributed by atoms with E-state index in [9.17, 15) is 4.79 Å². The van der Waals surface area contributed by atoms with Gasteiger partial charge in [0.05, 0.1) is 17.4 Å². The standard InChI is InChI=1S/C11H15NO3S/c13-10(14)5-4-8-7-15-11(12-8)9-3-1-2-6-16-9/h7,9H,1-6H2,(H,13,14). The highest BCUT2D eigenvalue weighted by Crippen LogP contribution is 2.37. The molecule has 1 N–H and O–H groups in total. The number of aryl methyl sites for hydroxylation is 1. The summed E-state index contributed by atoms with van der Waals surface area (Å²) in [5, 5.41) is 8.94. The number of carboxylic acid groups (broad SMARTS) is 1. The summed E-state index contributed by atoms with van der Waals surface area (Å²) in [4.78, 5) is 14.8. The van der Waals surface area contributed by atoms with E-state index in [1.54, 1.807) is 6.26 Å². The number of nitrogens with zero attached hydrogens (tertiary/aromatic N) is 1. The SMILES string of the molecule is O=C(O)CCc1coc(C2CCCCS2)n1. The number of thioether (sulfide) groups is 1. The van der Waals surface area contributed by atoms with Crippen molar-refractivity contribution in [1.82, 2.24) is 4.98 Å². The molecule has 0 aromatic carbocycles. The molecule has 16 heavy (non-hydrogen) atoms. The Bertz CT molecular complexity index is 358. The van der Waals surface area contributed by atoms with Crippen molar-refractivity contribution in [3.63, 3.8) is 0 Å². The van der Waals surface area contributed by atoms with Crippen LogP contribution < -0.4 is 0 Å². The molecule has 5 heteroatoms.